The van der Waals surface area contributed by atoms with Crippen LogP contribution in [0.3, 0.4) is 0 Å². The topological polar surface area (TPSA) is 78.6 Å². The molecule has 2 saturated heterocycles. The molecular formula is C25H26N4O3S2. The lowest BCUT2D eigenvalue weighted by molar-refractivity contribution is -0.122. The molecule has 34 heavy (non-hydrogen) atoms. The van der Waals surface area contributed by atoms with Gasteiger partial charge < -0.3 is 9.64 Å². The van der Waals surface area contributed by atoms with E-state index in [0.29, 0.717) is 21.3 Å². The minimum Gasteiger partial charge on any atom is -0.497 e. The lowest BCUT2D eigenvalue weighted by Crippen LogP contribution is -2.36. The van der Waals surface area contributed by atoms with Crippen LogP contribution in [-0.2, 0) is 18.4 Å². The monoisotopic (exact) mass is 494 g/mol. The molecule has 0 unspecified atom stereocenters. The summed E-state index contributed by atoms with van der Waals surface area (Å²) in [6.45, 7) is 3.80. The van der Waals surface area contributed by atoms with Gasteiger partial charge in [0.2, 0.25) is 0 Å². The summed E-state index contributed by atoms with van der Waals surface area (Å²) in [5.41, 5.74) is 2.04. The molecule has 7 nitrogen and oxygen atoms in total. The average molecular weight is 495 g/mol. The summed E-state index contributed by atoms with van der Waals surface area (Å²) in [7, 11) is 3.30. The highest BCUT2D eigenvalue weighted by Crippen LogP contribution is 2.37. The van der Waals surface area contributed by atoms with Crippen LogP contribution < -0.4 is 15.2 Å². The first-order valence-corrected chi connectivity index (χ1v) is 12.3. The van der Waals surface area contributed by atoms with Crippen LogP contribution in [0.5, 0.6) is 5.75 Å². The van der Waals surface area contributed by atoms with Crippen molar-refractivity contribution in [3.8, 4) is 11.8 Å². The van der Waals surface area contributed by atoms with Crippen molar-refractivity contribution >= 4 is 46.1 Å². The Bertz CT molecular complexity index is 1270. The highest BCUT2D eigenvalue weighted by molar-refractivity contribution is 8.26. The number of ether oxygens (including phenoxy) is 1. The molecule has 1 aromatic carbocycles. The quantitative estimate of drug-likeness (QED) is 0.460. The van der Waals surface area contributed by atoms with Crippen molar-refractivity contribution < 1.29 is 9.53 Å². The molecule has 0 N–H and O–H groups in total. The van der Waals surface area contributed by atoms with Crippen LogP contribution in [-0.4, -0.2) is 39.9 Å². The van der Waals surface area contributed by atoms with Crippen LogP contribution >= 0.6 is 24.0 Å². The SMILES string of the molecule is COc1ccc(CN2C(=O)/C(=C/c3c(C)c(C#N)c(=O)n(C)c3N3CCCCC3)SC2=S)cc1. The van der Waals surface area contributed by atoms with Gasteiger partial charge in [0.25, 0.3) is 11.5 Å². The molecular weight excluding hydrogens is 468 g/mol. The van der Waals surface area contributed by atoms with E-state index in [1.54, 1.807) is 36.6 Å². The van der Waals surface area contributed by atoms with E-state index in [9.17, 15) is 14.9 Å². The number of nitriles is 1. The summed E-state index contributed by atoms with van der Waals surface area (Å²) in [4.78, 5) is 30.5. The van der Waals surface area contributed by atoms with Gasteiger partial charge in [-0.25, -0.2) is 0 Å². The predicted molar refractivity (Wildman–Crippen MR) is 139 cm³/mol. The second-order valence-electron chi connectivity index (χ2n) is 8.38. The van der Waals surface area contributed by atoms with Gasteiger partial charge in [0, 0.05) is 25.7 Å². The maximum absolute atomic E-state index is 13.3. The van der Waals surface area contributed by atoms with Crippen LogP contribution in [0.4, 0.5) is 5.82 Å². The lowest BCUT2D eigenvalue weighted by atomic mass is 10.0. The number of methoxy groups -OCH3 is 1. The van der Waals surface area contributed by atoms with E-state index < -0.39 is 0 Å². The van der Waals surface area contributed by atoms with Gasteiger partial charge >= 0.3 is 0 Å². The molecule has 2 aliphatic rings. The third-order valence-electron chi connectivity index (χ3n) is 6.27. The van der Waals surface area contributed by atoms with Crippen LogP contribution in [0, 0.1) is 18.3 Å². The molecule has 2 aliphatic heterocycles. The van der Waals surface area contributed by atoms with Gasteiger partial charge in [0.05, 0.1) is 18.6 Å². The number of pyridine rings is 1. The zero-order chi connectivity index (χ0) is 24.4. The molecule has 2 aromatic rings. The van der Waals surface area contributed by atoms with Crippen molar-refractivity contribution in [1.29, 1.82) is 5.26 Å². The Morgan fingerprint density at radius 3 is 2.47 bits per heavy atom. The van der Waals surface area contributed by atoms with E-state index in [2.05, 4.69) is 11.0 Å². The van der Waals surface area contributed by atoms with E-state index in [-0.39, 0.29) is 17.0 Å². The maximum Gasteiger partial charge on any atom is 0.270 e. The Kier molecular flexibility index (Phi) is 7.10. The number of aromatic nitrogens is 1. The fraction of sp³-hybridized carbons (Fsp3) is 0.360. The highest BCUT2D eigenvalue weighted by atomic mass is 32.2. The first-order valence-electron chi connectivity index (χ1n) is 11.1. The second-order valence-corrected chi connectivity index (χ2v) is 10.1. The molecule has 0 aliphatic carbocycles. The lowest BCUT2D eigenvalue weighted by Gasteiger charge is -2.32. The predicted octanol–water partition coefficient (Wildman–Crippen LogP) is 3.97. The summed E-state index contributed by atoms with van der Waals surface area (Å²) in [6, 6.07) is 9.57. The van der Waals surface area contributed by atoms with E-state index in [1.165, 1.54) is 11.8 Å². The number of carbonyl (C=O) groups is 1. The van der Waals surface area contributed by atoms with Crippen LogP contribution in [0.2, 0.25) is 0 Å². The Morgan fingerprint density at radius 2 is 1.85 bits per heavy atom. The minimum absolute atomic E-state index is 0.100. The van der Waals surface area contributed by atoms with Crippen molar-refractivity contribution in [1.82, 2.24) is 9.47 Å². The number of thioether (sulfide) groups is 1. The summed E-state index contributed by atoms with van der Waals surface area (Å²) in [6.07, 6.45) is 5.03. The molecule has 0 spiro atoms. The molecule has 1 amide bonds. The van der Waals surface area contributed by atoms with Gasteiger partial charge in [0.15, 0.2) is 0 Å². The standard InChI is InChI=1S/C25H26N4O3S2/c1-16-19(22(28-11-5-4-6-12-28)27(2)23(30)20(16)14-26)13-21-24(31)29(25(33)34-21)15-17-7-9-18(32-3)10-8-17/h7-10,13H,4-6,11-12,15H2,1-3H3/b21-13-. The molecule has 4 rings (SSSR count). The number of nitrogens with zero attached hydrogens (tertiary/aromatic N) is 4. The molecule has 0 bridgehead atoms. The zero-order valence-electron chi connectivity index (χ0n) is 19.5. The Balaban J connectivity index is 1.73. The number of anilines is 1. The van der Waals surface area contributed by atoms with Gasteiger partial charge in [-0.2, -0.15) is 5.26 Å². The van der Waals surface area contributed by atoms with Crippen LogP contribution in [0.1, 0.15) is 41.5 Å². The summed E-state index contributed by atoms with van der Waals surface area (Å²) in [5.74, 6) is 1.32. The molecule has 1 aromatic heterocycles. The molecule has 0 saturated carbocycles. The largest absolute Gasteiger partial charge is 0.497 e. The number of hydrogen-bond donors (Lipinski definition) is 0. The number of hydrogen-bond acceptors (Lipinski definition) is 7. The van der Waals surface area contributed by atoms with Crippen molar-refractivity contribution in [2.24, 2.45) is 7.05 Å². The van der Waals surface area contributed by atoms with E-state index in [0.717, 1.165) is 55.0 Å². The van der Waals surface area contributed by atoms with E-state index in [1.807, 2.05) is 24.3 Å². The smallest absolute Gasteiger partial charge is 0.270 e. The van der Waals surface area contributed by atoms with Crippen LogP contribution in [0.25, 0.3) is 6.08 Å². The van der Waals surface area contributed by atoms with Gasteiger partial charge in [-0.05, 0) is 55.5 Å². The molecule has 176 valence electrons. The van der Waals surface area contributed by atoms with Crippen LogP contribution in [0.15, 0.2) is 34.0 Å². The molecule has 2 fully saturated rings. The average Bonchev–Trinajstić information content (AvgIpc) is 3.11. The second kappa shape index (κ2) is 10.0. The zero-order valence-corrected chi connectivity index (χ0v) is 21.1. The third-order valence-corrected chi connectivity index (χ3v) is 7.65. The number of amides is 1. The first kappa shape index (κ1) is 24.0. The number of piperidine rings is 1. The normalized spacial score (nSPS) is 17.4. The van der Waals surface area contributed by atoms with Gasteiger partial charge in [-0.3, -0.25) is 19.1 Å². The minimum atomic E-state index is -0.315. The first-order chi connectivity index (χ1) is 16.3. The fourth-order valence-corrected chi connectivity index (χ4v) is 5.62. The maximum atomic E-state index is 13.3. The molecule has 3 heterocycles. The van der Waals surface area contributed by atoms with Crippen molar-refractivity contribution in [3.63, 3.8) is 0 Å². The number of thiocarbonyl (C=S) groups is 1. The van der Waals surface area contributed by atoms with E-state index >= 15 is 0 Å². The number of carbonyl (C=O) groups excluding carboxylic acids is 1. The highest BCUT2D eigenvalue weighted by Gasteiger charge is 2.33. The fourth-order valence-electron chi connectivity index (χ4n) is 4.38. The Hall–Kier alpha value is -3.09. The van der Waals surface area contributed by atoms with Crippen molar-refractivity contribution in [3.05, 3.63) is 61.8 Å². The van der Waals surface area contributed by atoms with Gasteiger partial charge in [-0.1, -0.05) is 36.1 Å². The summed E-state index contributed by atoms with van der Waals surface area (Å²) < 4.78 is 7.23. The van der Waals surface area contributed by atoms with Crippen molar-refractivity contribution in [2.45, 2.75) is 32.7 Å². The third kappa shape index (κ3) is 4.48. The Morgan fingerprint density at radius 1 is 1.18 bits per heavy atom. The number of rotatable bonds is 5. The van der Waals surface area contributed by atoms with Gasteiger partial charge in [-0.15, -0.1) is 0 Å². The summed E-state index contributed by atoms with van der Waals surface area (Å²) >= 11 is 6.78. The van der Waals surface area contributed by atoms with Crippen molar-refractivity contribution in [2.75, 3.05) is 25.1 Å². The summed E-state index contributed by atoms with van der Waals surface area (Å²) in [5, 5.41) is 9.64. The molecule has 0 atom stereocenters. The van der Waals surface area contributed by atoms with E-state index in [4.69, 9.17) is 17.0 Å². The Labute approximate surface area is 208 Å². The van der Waals surface area contributed by atoms with Gasteiger partial charge in [0.1, 0.15) is 27.5 Å². The number of benzene rings is 1. The molecule has 9 heteroatoms. The molecule has 0 radical (unpaired) electrons.